The first-order chi connectivity index (χ1) is 9.16. The molecule has 1 saturated heterocycles. The summed E-state index contributed by atoms with van der Waals surface area (Å²) in [5.41, 5.74) is 1.27. The summed E-state index contributed by atoms with van der Waals surface area (Å²) in [6.07, 6.45) is 2.70. The van der Waals surface area contributed by atoms with Crippen LogP contribution in [0.3, 0.4) is 0 Å². The van der Waals surface area contributed by atoms with Gasteiger partial charge in [0.25, 0.3) is 0 Å². The Morgan fingerprint density at radius 3 is 3.00 bits per heavy atom. The Hall–Kier alpha value is -1.36. The van der Waals surface area contributed by atoms with Gasteiger partial charge in [-0.2, -0.15) is 0 Å². The van der Waals surface area contributed by atoms with Crippen molar-refractivity contribution in [2.75, 3.05) is 13.1 Å². The molecule has 3 rings (SSSR count). The lowest BCUT2D eigenvalue weighted by atomic mass is 10.1. The Morgan fingerprint density at radius 1 is 1.37 bits per heavy atom. The molecule has 1 atom stereocenters. The molecule has 1 fully saturated rings. The standard InChI is InChI=1S/C14H18N2O2S/c1-10(17)16-6-2-3-12(16)14(18)15-7-4-13-11(9-15)5-8-19-13/h5,8,12H,2-4,6-7,9H2,1H3/t12-/m0/s1. The Morgan fingerprint density at radius 2 is 2.21 bits per heavy atom. The largest absolute Gasteiger partial charge is 0.336 e. The number of hydrogen-bond acceptors (Lipinski definition) is 3. The van der Waals surface area contributed by atoms with E-state index in [9.17, 15) is 9.59 Å². The van der Waals surface area contributed by atoms with Crippen LogP contribution in [0.5, 0.6) is 0 Å². The summed E-state index contributed by atoms with van der Waals surface area (Å²) in [5.74, 6) is 0.147. The van der Waals surface area contributed by atoms with Crippen LogP contribution in [0, 0.1) is 0 Å². The van der Waals surface area contributed by atoms with Gasteiger partial charge in [0.2, 0.25) is 11.8 Å². The molecule has 0 N–H and O–H groups in total. The minimum Gasteiger partial charge on any atom is -0.336 e. The predicted octanol–water partition coefficient (Wildman–Crippen LogP) is 1.64. The zero-order valence-corrected chi connectivity index (χ0v) is 11.9. The Balaban J connectivity index is 1.73. The molecule has 1 aromatic rings. The lowest BCUT2D eigenvalue weighted by Gasteiger charge is -2.32. The third kappa shape index (κ3) is 2.27. The minimum atomic E-state index is -0.224. The SMILES string of the molecule is CC(=O)N1CCC[C@H]1C(=O)N1CCc2sccc2C1. The van der Waals surface area contributed by atoms with Gasteiger partial charge in [0.05, 0.1) is 0 Å². The first-order valence-corrected chi connectivity index (χ1v) is 7.66. The zero-order chi connectivity index (χ0) is 13.4. The zero-order valence-electron chi connectivity index (χ0n) is 11.1. The van der Waals surface area contributed by atoms with Crippen LogP contribution in [0.25, 0.3) is 0 Å². The molecule has 3 heterocycles. The van der Waals surface area contributed by atoms with Gasteiger partial charge in [-0.05, 0) is 36.3 Å². The van der Waals surface area contributed by atoms with E-state index in [1.165, 1.54) is 10.4 Å². The number of hydrogen-bond donors (Lipinski definition) is 0. The molecule has 0 aliphatic carbocycles. The third-order valence-corrected chi connectivity index (χ3v) is 5.08. The van der Waals surface area contributed by atoms with Crippen LogP contribution in [-0.2, 0) is 22.6 Å². The van der Waals surface area contributed by atoms with Gasteiger partial charge in [0.15, 0.2) is 0 Å². The van der Waals surface area contributed by atoms with Crippen LogP contribution in [0.15, 0.2) is 11.4 Å². The molecule has 2 aliphatic rings. The minimum absolute atomic E-state index is 0.0177. The molecule has 0 saturated carbocycles. The molecule has 2 amide bonds. The van der Waals surface area contributed by atoms with E-state index >= 15 is 0 Å². The second kappa shape index (κ2) is 4.96. The molecule has 4 nitrogen and oxygen atoms in total. The highest BCUT2D eigenvalue weighted by Crippen LogP contribution is 2.26. The van der Waals surface area contributed by atoms with Gasteiger partial charge in [-0.3, -0.25) is 9.59 Å². The molecule has 102 valence electrons. The van der Waals surface area contributed by atoms with Gasteiger partial charge in [0, 0.05) is 31.4 Å². The quantitative estimate of drug-likeness (QED) is 0.783. The van der Waals surface area contributed by atoms with Crippen molar-refractivity contribution in [2.24, 2.45) is 0 Å². The van der Waals surface area contributed by atoms with Gasteiger partial charge < -0.3 is 9.80 Å². The van der Waals surface area contributed by atoms with E-state index in [2.05, 4.69) is 11.4 Å². The summed E-state index contributed by atoms with van der Waals surface area (Å²) in [4.78, 5) is 29.2. The van der Waals surface area contributed by atoms with Gasteiger partial charge in [-0.25, -0.2) is 0 Å². The highest BCUT2D eigenvalue weighted by Gasteiger charge is 2.36. The number of carbonyl (C=O) groups is 2. The van der Waals surface area contributed by atoms with Crippen molar-refractivity contribution in [1.29, 1.82) is 0 Å². The Bertz CT molecular complexity index is 511. The van der Waals surface area contributed by atoms with Crippen LogP contribution in [0.2, 0.25) is 0 Å². The molecule has 5 heteroatoms. The average molecular weight is 278 g/mol. The summed E-state index contributed by atoms with van der Waals surface area (Å²) in [6.45, 7) is 3.77. The smallest absolute Gasteiger partial charge is 0.245 e. The topological polar surface area (TPSA) is 40.6 Å². The number of fused-ring (bicyclic) bond motifs is 1. The molecule has 0 aromatic carbocycles. The lowest BCUT2D eigenvalue weighted by molar-refractivity contribution is -0.143. The van der Waals surface area contributed by atoms with Gasteiger partial charge in [-0.1, -0.05) is 0 Å². The summed E-state index contributed by atoms with van der Waals surface area (Å²) >= 11 is 1.77. The second-order valence-electron chi connectivity index (χ2n) is 5.25. The maximum absolute atomic E-state index is 12.6. The molecule has 2 aliphatic heterocycles. The predicted molar refractivity (Wildman–Crippen MR) is 73.8 cm³/mol. The van der Waals surface area contributed by atoms with Crippen molar-refractivity contribution in [2.45, 2.75) is 38.8 Å². The van der Waals surface area contributed by atoms with E-state index in [-0.39, 0.29) is 17.9 Å². The molecule has 1 aromatic heterocycles. The van der Waals surface area contributed by atoms with E-state index < -0.39 is 0 Å². The van der Waals surface area contributed by atoms with E-state index in [1.807, 2.05) is 4.90 Å². The lowest BCUT2D eigenvalue weighted by Crippen LogP contribution is -2.48. The number of carbonyl (C=O) groups excluding carboxylic acids is 2. The molecular weight excluding hydrogens is 260 g/mol. The molecule has 0 radical (unpaired) electrons. The fourth-order valence-corrected chi connectivity index (χ4v) is 3.94. The number of likely N-dealkylation sites (tertiary alicyclic amines) is 1. The summed E-state index contributed by atoms with van der Waals surface area (Å²) in [7, 11) is 0. The van der Waals surface area contributed by atoms with Crippen molar-refractivity contribution in [1.82, 2.24) is 9.80 Å². The van der Waals surface area contributed by atoms with E-state index in [0.717, 1.165) is 32.4 Å². The highest BCUT2D eigenvalue weighted by molar-refractivity contribution is 7.10. The number of nitrogens with zero attached hydrogens (tertiary/aromatic N) is 2. The van der Waals surface area contributed by atoms with Gasteiger partial charge in [-0.15, -0.1) is 11.3 Å². The highest BCUT2D eigenvalue weighted by atomic mass is 32.1. The van der Waals surface area contributed by atoms with Crippen molar-refractivity contribution >= 4 is 23.2 Å². The monoisotopic (exact) mass is 278 g/mol. The maximum atomic E-state index is 12.6. The van der Waals surface area contributed by atoms with Gasteiger partial charge >= 0.3 is 0 Å². The van der Waals surface area contributed by atoms with Crippen LogP contribution in [0.1, 0.15) is 30.2 Å². The fourth-order valence-electron chi connectivity index (χ4n) is 3.05. The number of rotatable bonds is 1. The summed E-state index contributed by atoms with van der Waals surface area (Å²) in [6, 6.07) is 1.88. The van der Waals surface area contributed by atoms with Crippen LogP contribution < -0.4 is 0 Å². The van der Waals surface area contributed by atoms with E-state index in [1.54, 1.807) is 23.2 Å². The van der Waals surface area contributed by atoms with Crippen molar-refractivity contribution in [3.8, 4) is 0 Å². The van der Waals surface area contributed by atoms with Crippen molar-refractivity contribution in [3.63, 3.8) is 0 Å². The fraction of sp³-hybridized carbons (Fsp3) is 0.571. The number of amides is 2. The van der Waals surface area contributed by atoms with Gasteiger partial charge in [0.1, 0.15) is 6.04 Å². The molecule has 0 spiro atoms. The van der Waals surface area contributed by atoms with Crippen LogP contribution >= 0.6 is 11.3 Å². The van der Waals surface area contributed by atoms with Crippen LogP contribution in [0.4, 0.5) is 0 Å². The number of thiophene rings is 1. The summed E-state index contributed by atoms with van der Waals surface area (Å²) in [5, 5.41) is 2.09. The van der Waals surface area contributed by atoms with E-state index in [0.29, 0.717) is 6.54 Å². The van der Waals surface area contributed by atoms with Crippen molar-refractivity contribution < 1.29 is 9.59 Å². The molecular formula is C14H18N2O2S. The third-order valence-electron chi connectivity index (χ3n) is 4.06. The Labute approximate surface area is 117 Å². The first kappa shape index (κ1) is 12.7. The van der Waals surface area contributed by atoms with E-state index in [4.69, 9.17) is 0 Å². The first-order valence-electron chi connectivity index (χ1n) is 6.78. The van der Waals surface area contributed by atoms with Crippen LogP contribution in [-0.4, -0.2) is 40.7 Å². The summed E-state index contributed by atoms with van der Waals surface area (Å²) < 4.78 is 0. The molecule has 0 bridgehead atoms. The molecule has 19 heavy (non-hydrogen) atoms. The Kier molecular flexibility index (Phi) is 3.31. The molecule has 0 unspecified atom stereocenters. The average Bonchev–Trinajstić information content (AvgIpc) is 3.05. The maximum Gasteiger partial charge on any atom is 0.245 e. The van der Waals surface area contributed by atoms with Crippen molar-refractivity contribution in [3.05, 3.63) is 21.9 Å². The second-order valence-corrected chi connectivity index (χ2v) is 6.25. The normalized spacial score (nSPS) is 22.5.